The maximum absolute atomic E-state index is 6.76. The topological polar surface area (TPSA) is 18.5 Å². The summed E-state index contributed by atoms with van der Waals surface area (Å²) in [7, 11) is -3.08. The van der Waals surface area contributed by atoms with Gasteiger partial charge >= 0.3 is 8.56 Å². The Labute approximate surface area is 172 Å². The summed E-state index contributed by atoms with van der Waals surface area (Å²) in [5, 5.41) is 2.09. The van der Waals surface area contributed by atoms with E-state index < -0.39 is 8.56 Å². The Balaban J connectivity index is 1.88. The van der Waals surface area contributed by atoms with E-state index in [1.807, 2.05) is 97.1 Å². The van der Waals surface area contributed by atoms with E-state index >= 15 is 0 Å². The molecule has 0 radical (unpaired) electrons. The van der Waals surface area contributed by atoms with Crippen LogP contribution in [0.1, 0.15) is 5.56 Å². The first kappa shape index (κ1) is 18.8. The molecule has 0 unspecified atom stereocenters. The highest BCUT2D eigenvalue weighted by atomic mass is 28.4. The highest BCUT2D eigenvalue weighted by Gasteiger charge is 2.47. The lowest BCUT2D eigenvalue weighted by molar-refractivity contribution is 0.417. The molecule has 29 heavy (non-hydrogen) atoms. The SMILES string of the molecule is C=Cc1ccc(O[Si](Oc2ccccc2)(c2ccccc2)c2ccccc2)cc1. The average molecular weight is 395 g/mol. The van der Waals surface area contributed by atoms with Crippen molar-refractivity contribution in [3.05, 3.63) is 127 Å². The van der Waals surface area contributed by atoms with E-state index in [1.54, 1.807) is 0 Å². The van der Waals surface area contributed by atoms with E-state index in [9.17, 15) is 0 Å². The van der Waals surface area contributed by atoms with E-state index in [0.717, 1.165) is 27.4 Å². The molecule has 0 bridgehead atoms. The van der Waals surface area contributed by atoms with Crippen LogP contribution in [-0.2, 0) is 0 Å². The summed E-state index contributed by atoms with van der Waals surface area (Å²) in [6, 6.07) is 38.3. The van der Waals surface area contributed by atoms with Crippen LogP contribution in [0.2, 0.25) is 0 Å². The number of benzene rings is 4. The Hall–Kier alpha value is -3.56. The lowest BCUT2D eigenvalue weighted by Gasteiger charge is -2.32. The number of para-hydroxylation sites is 1. The molecular weight excluding hydrogens is 372 g/mol. The predicted octanol–water partition coefficient (Wildman–Crippen LogP) is 5.04. The van der Waals surface area contributed by atoms with Crippen molar-refractivity contribution in [2.24, 2.45) is 0 Å². The van der Waals surface area contributed by atoms with E-state index in [2.05, 4.69) is 30.8 Å². The van der Waals surface area contributed by atoms with Gasteiger partial charge in [-0.1, -0.05) is 104 Å². The number of rotatable bonds is 7. The smallest absolute Gasteiger partial charge is 0.506 e. The maximum atomic E-state index is 6.76. The molecule has 0 aromatic heterocycles. The molecule has 0 spiro atoms. The van der Waals surface area contributed by atoms with Gasteiger partial charge in [-0.15, -0.1) is 0 Å². The molecule has 3 heteroatoms. The van der Waals surface area contributed by atoms with Gasteiger partial charge < -0.3 is 8.85 Å². The summed E-state index contributed by atoms with van der Waals surface area (Å²) in [5.41, 5.74) is 1.05. The summed E-state index contributed by atoms with van der Waals surface area (Å²) in [4.78, 5) is 0. The highest BCUT2D eigenvalue weighted by Crippen LogP contribution is 2.22. The number of hydrogen-bond acceptors (Lipinski definition) is 2. The van der Waals surface area contributed by atoms with Gasteiger partial charge in [0.05, 0.1) is 0 Å². The van der Waals surface area contributed by atoms with Crippen LogP contribution in [0.3, 0.4) is 0 Å². The Kier molecular flexibility index (Phi) is 5.59. The molecule has 0 heterocycles. The van der Waals surface area contributed by atoms with Crippen LogP contribution in [0.25, 0.3) is 6.08 Å². The van der Waals surface area contributed by atoms with Crippen LogP contribution in [0, 0.1) is 0 Å². The van der Waals surface area contributed by atoms with Gasteiger partial charge in [-0.3, -0.25) is 0 Å². The van der Waals surface area contributed by atoms with Gasteiger partial charge in [0.25, 0.3) is 0 Å². The largest absolute Gasteiger partial charge is 0.531 e. The van der Waals surface area contributed by atoms with Gasteiger partial charge in [0.2, 0.25) is 0 Å². The van der Waals surface area contributed by atoms with Gasteiger partial charge in [0, 0.05) is 10.4 Å². The molecule has 4 rings (SSSR count). The zero-order valence-corrected chi connectivity index (χ0v) is 17.1. The normalized spacial score (nSPS) is 10.9. The Morgan fingerprint density at radius 3 is 1.38 bits per heavy atom. The van der Waals surface area contributed by atoms with Crippen LogP contribution in [0.5, 0.6) is 11.5 Å². The first-order valence-electron chi connectivity index (χ1n) is 9.57. The van der Waals surface area contributed by atoms with Crippen LogP contribution < -0.4 is 19.2 Å². The van der Waals surface area contributed by atoms with Gasteiger partial charge in [0.1, 0.15) is 11.5 Å². The molecule has 4 aromatic carbocycles. The fourth-order valence-corrected chi connectivity index (χ4v) is 6.28. The number of hydrogen-bond donors (Lipinski definition) is 0. The molecule has 0 aliphatic heterocycles. The van der Waals surface area contributed by atoms with Crippen molar-refractivity contribution < 1.29 is 8.85 Å². The first-order chi connectivity index (χ1) is 14.3. The van der Waals surface area contributed by atoms with Crippen molar-refractivity contribution in [1.82, 2.24) is 0 Å². The summed E-state index contributed by atoms with van der Waals surface area (Å²) in [5.74, 6) is 1.56. The molecule has 142 valence electrons. The van der Waals surface area contributed by atoms with Gasteiger partial charge in [-0.2, -0.15) is 0 Å². The highest BCUT2D eigenvalue weighted by molar-refractivity contribution is 6.93. The third-order valence-corrected chi connectivity index (χ3v) is 7.92. The fraction of sp³-hybridized carbons (Fsp3) is 0. The van der Waals surface area contributed by atoms with Gasteiger partial charge in [-0.05, 0) is 29.8 Å². The Bertz CT molecular complexity index is 1010. The van der Waals surface area contributed by atoms with Crippen molar-refractivity contribution in [3.8, 4) is 11.5 Å². The Morgan fingerprint density at radius 1 is 0.517 bits per heavy atom. The zero-order valence-electron chi connectivity index (χ0n) is 16.1. The molecule has 0 aliphatic rings. The Morgan fingerprint density at radius 2 is 0.931 bits per heavy atom. The first-order valence-corrected chi connectivity index (χ1v) is 11.4. The van der Waals surface area contributed by atoms with Gasteiger partial charge in [0.15, 0.2) is 0 Å². The molecule has 0 atom stereocenters. The molecule has 0 aliphatic carbocycles. The summed E-state index contributed by atoms with van der Waals surface area (Å²) in [6.45, 7) is 3.83. The summed E-state index contributed by atoms with van der Waals surface area (Å²) < 4.78 is 13.5. The zero-order chi connectivity index (χ0) is 19.9. The lowest BCUT2D eigenvalue weighted by atomic mass is 10.2. The minimum absolute atomic E-state index is 0.769. The molecule has 4 aromatic rings. The van der Waals surface area contributed by atoms with Gasteiger partial charge in [-0.25, -0.2) is 0 Å². The predicted molar refractivity (Wildman–Crippen MR) is 122 cm³/mol. The quantitative estimate of drug-likeness (QED) is 0.409. The third-order valence-electron chi connectivity index (χ3n) is 4.69. The average Bonchev–Trinajstić information content (AvgIpc) is 2.81. The van der Waals surface area contributed by atoms with Crippen LogP contribution in [0.15, 0.2) is 122 Å². The van der Waals surface area contributed by atoms with E-state index in [1.165, 1.54) is 0 Å². The van der Waals surface area contributed by atoms with Crippen molar-refractivity contribution in [2.45, 2.75) is 0 Å². The van der Waals surface area contributed by atoms with E-state index in [-0.39, 0.29) is 0 Å². The minimum Gasteiger partial charge on any atom is -0.506 e. The minimum atomic E-state index is -3.08. The lowest BCUT2D eigenvalue weighted by Crippen LogP contribution is -2.68. The molecule has 0 amide bonds. The molecular formula is C26H22O2Si. The van der Waals surface area contributed by atoms with Crippen molar-refractivity contribution >= 4 is 25.0 Å². The summed E-state index contributed by atoms with van der Waals surface area (Å²) >= 11 is 0. The van der Waals surface area contributed by atoms with Crippen molar-refractivity contribution in [1.29, 1.82) is 0 Å². The molecule has 0 saturated carbocycles. The second-order valence-corrected chi connectivity index (χ2v) is 9.44. The molecule has 0 N–H and O–H groups in total. The summed E-state index contributed by atoms with van der Waals surface area (Å²) in [6.07, 6.45) is 1.82. The van der Waals surface area contributed by atoms with Crippen molar-refractivity contribution in [2.75, 3.05) is 0 Å². The maximum Gasteiger partial charge on any atom is 0.531 e. The van der Waals surface area contributed by atoms with E-state index in [0.29, 0.717) is 0 Å². The third kappa shape index (κ3) is 4.15. The van der Waals surface area contributed by atoms with Crippen molar-refractivity contribution in [3.63, 3.8) is 0 Å². The molecule has 2 nitrogen and oxygen atoms in total. The second-order valence-electron chi connectivity index (χ2n) is 6.64. The van der Waals surface area contributed by atoms with Crippen LogP contribution >= 0.6 is 0 Å². The monoisotopic (exact) mass is 394 g/mol. The molecule has 0 saturated heterocycles. The van der Waals surface area contributed by atoms with E-state index in [4.69, 9.17) is 8.85 Å². The fourth-order valence-electron chi connectivity index (χ4n) is 3.23. The van der Waals surface area contributed by atoms with Crippen LogP contribution in [0.4, 0.5) is 0 Å². The standard InChI is InChI=1S/C26H22O2Si/c1-2-22-18-20-24(21-19-22)28-29(25-14-8-4-9-15-25,26-16-10-5-11-17-26)27-23-12-6-3-7-13-23/h2-21H,1H2. The van der Waals surface area contributed by atoms with Crippen LogP contribution in [-0.4, -0.2) is 8.56 Å². The second kappa shape index (κ2) is 8.63. The molecule has 0 fully saturated rings.